The molecular formula is C45H28N4O. The maximum Gasteiger partial charge on any atom is 0.164 e. The molecule has 0 saturated heterocycles. The molecule has 3 aromatic heterocycles. The smallest absolute Gasteiger partial charge is 0.164 e. The van der Waals surface area contributed by atoms with Crippen molar-refractivity contribution >= 4 is 43.6 Å². The molecule has 0 aliphatic heterocycles. The highest BCUT2D eigenvalue weighted by atomic mass is 16.3. The monoisotopic (exact) mass is 640 g/mol. The fourth-order valence-electron chi connectivity index (χ4n) is 7.04. The molecule has 0 atom stereocenters. The van der Waals surface area contributed by atoms with Crippen LogP contribution in [-0.2, 0) is 0 Å². The van der Waals surface area contributed by atoms with Gasteiger partial charge in [0.15, 0.2) is 17.5 Å². The highest BCUT2D eigenvalue weighted by molar-refractivity contribution is 6.13. The van der Waals surface area contributed by atoms with Gasteiger partial charge in [-0.05, 0) is 53.4 Å². The molecular weight excluding hydrogens is 613 g/mol. The van der Waals surface area contributed by atoms with Gasteiger partial charge in [-0.25, -0.2) is 15.0 Å². The molecule has 0 fully saturated rings. The average Bonchev–Trinajstić information content (AvgIpc) is 3.77. The molecule has 0 saturated carbocycles. The van der Waals surface area contributed by atoms with Crippen LogP contribution in [-0.4, -0.2) is 19.5 Å². The Kier molecular flexibility index (Phi) is 6.42. The van der Waals surface area contributed by atoms with Gasteiger partial charge in [-0.1, -0.05) is 121 Å². The van der Waals surface area contributed by atoms with E-state index in [1.807, 2.05) is 72.8 Å². The molecule has 10 rings (SSSR count). The SMILES string of the molecule is c1ccc(-c2nc(-c3ccccc3)nc(-c3ccc4oc5ccc(-c6cn(-c7ccccc7)c7c6ccc6ccccc67)cc5c4c3)n2)cc1. The first-order valence-corrected chi connectivity index (χ1v) is 16.7. The topological polar surface area (TPSA) is 56.7 Å². The number of nitrogens with zero attached hydrogens (tertiary/aromatic N) is 4. The summed E-state index contributed by atoms with van der Waals surface area (Å²) < 4.78 is 8.70. The molecule has 5 heteroatoms. The standard InChI is InChI=1S/C45H28N4O/c1-4-13-30(14-5-1)43-46-44(31-15-6-2-7-16-31)48-45(47-43)33-22-25-41-38(27-33)37-26-32(21-24-40(37)50-41)39-28-49(34-17-8-3-9-18-34)42-35-19-11-10-12-29(35)20-23-36(39)42/h1-28H. The van der Waals surface area contributed by atoms with Gasteiger partial charge in [0.2, 0.25) is 0 Å². The number of hydrogen-bond acceptors (Lipinski definition) is 4. The van der Waals surface area contributed by atoms with E-state index in [4.69, 9.17) is 19.4 Å². The molecule has 0 aliphatic rings. The lowest BCUT2D eigenvalue weighted by Gasteiger charge is -2.08. The predicted octanol–water partition coefficient (Wildman–Crippen LogP) is 11.5. The minimum absolute atomic E-state index is 0.614. The van der Waals surface area contributed by atoms with Crippen molar-refractivity contribution in [2.24, 2.45) is 0 Å². The van der Waals surface area contributed by atoms with E-state index in [1.165, 1.54) is 27.2 Å². The largest absolute Gasteiger partial charge is 0.456 e. The van der Waals surface area contributed by atoms with Crippen LogP contribution < -0.4 is 0 Å². The summed E-state index contributed by atoms with van der Waals surface area (Å²) in [7, 11) is 0. The van der Waals surface area contributed by atoms with Gasteiger partial charge < -0.3 is 8.98 Å². The summed E-state index contributed by atoms with van der Waals surface area (Å²) in [6, 6.07) is 56.4. The van der Waals surface area contributed by atoms with Crippen molar-refractivity contribution in [3.8, 4) is 51.0 Å². The summed E-state index contributed by atoms with van der Waals surface area (Å²) in [5.74, 6) is 1.88. The van der Waals surface area contributed by atoms with Crippen LogP contribution >= 0.6 is 0 Å². The highest BCUT2D eigenvalue weighted by Crippen LogP contribution is 2.40. The van der Waals surface area contributed by atoms with Crippen LogP contribution in [0.4, 0.5) is 0 Å². The summed E-state index contributed by atoms with van der Waals surface area (Å²) >= 11 is 0. The van der Waals surface area contributed by atoms with Gasteiger partial charge in [0.1, 0.15) is 11.2 Å². The van der Waals surface area contributed by atoms with Crippen molar-refractivity contribution in [2.45, 2.75) is 0 Å². The lowest BCUT2D eigenvalue weighted by atomic mass is 9.99. The Labute approximate surface area is 287 Å². The van der Waals surface area contributed by atoms with Crippen LogP contribution in [0.25, 0.3) is 94.6 Å². The first kappa shape index (κ1) is 28.2. The van der Waals surface area contributed by atoms with E-state index in [0.717, 1.165) is 49.9 Å². The fourth-order valence-corrected chi connectivity index (χ4v) is 7.04. The second-order valence-electron chi connectivity index (χ2n) is 12.5. The molecule has 0 spiro atoms. The van der Waals surface area contributed by atoms with Crippen LogP contribution in [0.1, 0.15) is 0 Å². The zero-order chi connectivity index (χ0) is 33.0. The Morgan fingerprint density at radius 3 is 1.60 bits per heavy atom. The minimum Gasteiger partial charge on any atom is -0.456 e. The van der Waals surface area contributed by atoms with Gasteiger partial charge >= 0.3 is 0 Å². The fraction of sp³-hybridized carbons (Fsp3) is 0. The molecule has 0 unspecified atom stereocenters. The van der Waals surface area contributed by atoms with E-state index in [2.05, 4.69) is 102 Å². The van der Waals surface area contributed by atoms with Crippen molar-refractivity contribution in [3.63, 3.8) is 0 Å². The van der Waals surface area contributed by atoms with Crippen molar-refractivity contribution < 1.29 is 4.42 Å². The lowest BCUT2D eigenvalue weighted by Crippen LogP contribution is -2.00. The van der Waals surface area contributed by atoms with Crippen molar-refractivity contribution in [2.75, 3.05) is 0 Å². The first-order chi connectivity index (χ1) is 24.8. The summed E-state index contributed by atoms with van der Waals surface area (Å²) in [5, 5.41) is 5.70. The number of para-hydroxylation sites is 1. The molecule has 50 heavy (non-hydrogen) atoms. The zero-order valence-electron chi connectivity index (χ0n) is 26.9. The molecule has 0 radical (unpaired) electrons. The van der Waals surface area contributed by atoms with E-state index in [9.17, 15) is 0 Å². The van der Waals surface area contributed by atoms with E-state index in [1.54, 1.807) is 0 Å². The van der Waals surface area contributed by atoms with Gasteiger partial charge in [0, 0.05) is 55.7 Å². The van der Waals surface area contributed by atoms with Gasteiger partial charge in [-0.15, -0.1) is 0 Å². The number of aromatic nitrogens is 4. The zero-order valence-corrected chi connectivity index (χ0v) is 26.9. The quantitative estimate of drug-likeness (QED) is 0.188. The second-order valence-corrected chi connectivity index (χ2v) is 12.5. The van der Waals surface area contributed by atoms with Crippen LogP contribution in [0.5, 0.6) is 0 Å². The normalized spacial score (nSPS) is 11.6. The number of fused-ring (bicyclic) bond motifs is 6. The average molecular weight is 641 g/mol. The predicted molar refractivity (Wildman–Crippen MR) is 203 cm³/mol. The first-order valence-electron chi connectivity index (χ1n) is 16.7. The lowest BCUT2D eigenvalue weighted by molar-refractivity contribution is 0.669. The van der Waals surface area contributed by atoms with E-state index < -0.39 is 0 Å². The maximum absolute atomic E-state index is 6.38. The van der Waals surface area contributed by atoms with Gasteiger partial charge in [0.05, 0.1) is 5.52 Å². The molecule has 10 aromatic rings. The third-order valence-electron chi connectivity index (χ3n) is 9.46. The van der Waals surface area contributed by atoms with Crippen LogP contribution in [0.2, 0.25) is 0 Å². The molecule has 0 aliphatic carbocycles. The van der Waals surface area contributed by atoms with Gasteiger partial charge in [-0.2, -0.15) is 0 Å². The number of hydrogen-bond donors (Lipinski definition) is 0. The Morgan fingerprint density at radius 1 is 0.400 bits per heavy atom. The summed E-state index contributed by atoms with van der Waals surface area (Å²) in [6.07, 6.45) is 2.27. The number of benzene rings is 7. The minimum atomic E-state index is 0.614. The van der Waals surface area contributed by atoms with Crippen LogP contribution in [0.15, 0.2) is 174 Å². The van der Waals surface area contributed by atoms with E-state index in [0.29, 0.717) is 17.5 Å². The molecule has 0 bridgehead atoms. The number of furan rings is 1. The number of rotatable bonds is 5. The Balaban J connectivity index is 1.16. The Hall–Kier alpha value is -6.85. The summed E-state index contributed by atoms with van der Waals surface area (Å²) in [6.45, 7) is 0. The Bertz CT molecular complexity index is 2800. The molecule has 3 heterocycles. The Morgan fingerprint density at radius 2 is 0.940 bits per heavy atom. The molecule has 234 valence electrons. The van der Waals surface area contributed by atoms with Crippen LogP contribution in [0, 0.1) is 0 Å². The highest BCUT2D eigenvalue weighted by Gasteiger charge is 2.18. The van der Waals surface area contributed by atoms with Crippen molar-refractivity contribution in [3.05, 3.63) is 170 Å². The van der Waals surface area contributed by atoms with Gasteiger partial charge in [-0.3, -0.25) is 0 Å². The summed E-state index contributed by atoms with van der Waals surface area (Å²) in [5.41, 5.74) is 9.05. The van der Waals surface area contributed by atoms with Crippen LogP contribution in [0.3, 0.4) is 0 Å². The third-order valence-corrected chi connectivity index (χ3v) is 9.46. The maximum atomic E-state index is 6.38. The van der Waals surface area contributed by atoms with Crippen molar-refractivity contribution in [1.82, 2.24) is 19.5 Å². The molecule has 0 N–H and O–H groups in total. The van der Waals surface area contributed by atoms with Crippen molar-refractivity contribution in [1.29, 1.82) is 0 Å². The third kappa shape index (κ3) is 4.67. The molecule has 0 amide bonds. The summed E-state index contributed by atoms with van der Waals surface area (Å²) in [4.78, 5) is 14.8. The molecule has 5 nitrogen and oxygen atoms in total. The van der Waals surface area contributed by atoms with E-state index in [-0.39, 0.29) is 0 Å². The van der Waals surface area contributed by atoms with E-state index >= 15 is 0 Å². The van der Waals surface area contributed by atoms with Gasteiger partial charge in [0.25, 0.3) is 0 Å². The second kappa shape index (κ2) is 11.4. The molecule has 7 aromatic carbocycles.